The molecule has 0 unspecified atom stereocenters. The molecule has 0 atom stereocenters. The van der Waals surface area contributed by atoms with Crippen molar-refractivity contribution in [2.24, 2.45) is 0 Å². The average molecular weight is 246 g/mol. The Bertz CT molecular complexity index is 279. The third-order valence-electron chi connectivity index (χ3n) is 2.87. The molecule has 0 fully saturated rings. The summed E-state index contributed by atoms with van der Waals surface area (Å²) in [4.78, 5) is 25.9. The molecular formula is C11H22N2O4. The highest BCUT2D eigenvalue weighted by atomic mass is 16.5. The smallest absolute Gasteiger partial charge is 0.329 e. The van der Waals surface area contributed by atoms with Gasteiger partial charge in [-0.15, -0.1) is 0 Å². The van der Waals surface area contributed by atoms with E-state index in [-0.39, 0.29) is 6.03 Å². The molecule has 6 nitrogen and oxygen atoms in total. The first-order valence-electron chi connectivity index (χ1n) is 5.54. The highest BCUT2D eigenvalue weighted by Crippen LogP contribution is 2.14. The number of hydrogen-bond donors (Lipinski definition) is 1. The molecule has 0 aromatic heterocycles. The van der Waals surface area contributed by atoms with Crippen molar-refractivity contribution in [1.29, 1.82) is 0 Å². The van der Waals surface area contributed by atoms with Crippen LogP contribution < -0.4 is 0 Å². The number of carbonyl (C=O) groups is 2. The maximum atomic E-state index is 12.1. The number of urea groups is 1. The number of carboxylic acids is 1. The Hall–Kier alpha value is -1.30. The van der Waals surface area contributed by atoms with Crippen LogP contribution in [0.3, 0.4) is 0 Å². The number of hydrogen-bond acceptors (Lipinski definition) is 3. The van der Waals surface area contributed by atoms with Crippen LogP contribution in [0.5, 0.6) is 0 Å². The van der Waals surface area contributed by atoms with Crippen LogP contribution in [-0.4, -0.2) is 66.3 Å². The molecule has 0 radical (unpaired) electrons. The van der Waals surface area contributed by atoms with Crippen LogP contribution in [0.2, 0.25) is 0 Å². The Morgan fingerprint density at radius 1 is 1.35 bits per heavy atom. The van der Waals surface area contributed by atoms with E-state index in [4.69, 9.17) is 9.84 Å². The van der Waals surface area contributed by atoms with Gasteiger partial charge < -0.3 is 19.6 Å². The van der Waals surface area contributed by atoms with Crippen molar-refractivity contribution >= 4 is 12.0 Å². The van der Waals surface area contributed by atoms with Crippen LogP contribution in [0.25, 0.3) is 0 Å². The van der Waals surface area contributed by atoms with E-state index in [1.54, 1.807) is 12.0 Å². The molecule has 100 valence electrons. The van der Waals surface area contributed by atoms with Crippen molar-refractivity contribution in [2.75, 3.05) is 33.9 Å². The maximum Gasteiger partial charge on any atom is 0.329 e. The van der Waals surface area contributed by atoms with Crippen LogP contribution in [0.1, 0.15) is 20.8 Å². The normalized spacial score (nSPS) is 11.1. The average Bonchev–Trinajstić information content (AvgIpc) is 2.28. The Morgan fingerprint density at radius 3 is 2.24 bits per heavy atom. The van der Waals surface area contributed by atoms with E-state index in [1.165, 1.54) is 25.8 Å². The molecular weight excluding hydrogens is 224 g/mol. The standard InChI is InChI=1S/C11H22N2O4/c1-6-13(7-8-17-5)10(16)12(4)11(2,3)9(14)15/h6-8H2,1-5H3,(H,14,15). The lowest BCUT2D eigenvalue weighted by Crippen LogP contribution is -2.55. The van der Waals surface area contributed by atoms with Crippen molar-refractivity contribution in [3.05, 3.63) is 0 Å². The molecule has 0 heterocycles. The molecule has 0 bridgehead atoms. The maximum absolute atomic E-state index is 12.1. The van der Waals surface area contributed by atoms with Gasteiger partial charge in [-0.2, -0.15) is 0 Å². The molecule has 0 rings (SSSR count). The SMILES string of the molecule is CCN(CCOC)C(=O)N(C)C(C)(C)C(=O)O. The zero-order valence-electron chi connectivity index (χ0n) is 11.2. The van der Waals surface area contributed by atoms with Crippen molar-refractivity contribution < 1.29 is 19.4 Å². The molecule has 0 saturated carbocycles. The van der Waals surface area contributed by atoms with Crippen molar-refractivity contribution in [1.82, 2.24) is 9.80 Å². The van der Waals surface area contributed by atoms with Gasteiger partial charge in [0.1, 0.15) is 5.54 Å². The number of methoxy groups -OCH3 is 1. The molecule has 0 aliphatic carbocycles. The number of carboxylic acid groups (broad SMARTS) is 1. The van der Waals surface area contributed by atoms with Gasteiger partial charge in [0.15, 0.2) is 0 Å². The number of likely N-dealkylation sites (N-methyl/N-ethyl adjacent to an activating group) is 2. The summed E-state index contributed by atoms with van der Waals surface area (Å²) in [6.07, 6.45) is 0. The predicted octanol–water partition coefficient (Wildman–Crippen LogP) is 0.870. The Kier molecular flexibility index (Phi) is 5.95. The van der Waals surface area contributed by atoms with E-state index in [0.29, 0.717) is 19.7 Å². The summed E-state index contributed by atoms with van der Waals surface area (Å²) >= 11 is 0. The van der Waals surface area contributed by atoms with Gasteiger partial charge in [0.05, 0.1) is 6.61 Å². The highest BCUT2D eigenvalue weighted by Gasteiger charge is 2.36. The first kappa shape index (κ1) is 15.7. The van der Waals surface area contributed by atoms with E-state index < -0.39 is 11.5 Å². The molecule has 0 aromatic rings. The fourth-order valence-corrected chi connectivity index (χ4v) is 1.19. The van der Waals surface area contributed by atoms with Crippen LogP contribution in [0, 0.1) is 0 Å². The van der Waals surface area contributed by atoms with Gasteiger partial charge in [0.2, 0.25) is 0 Å². The third kappa shape index (κ3) is 3.89. The van der Waals surface area contributed by atoms with E-state index >= 15 is 0 Å². The molecule has 0 aliphatic rings. The van der Waals surface area contributed by atoms with Gasteiger partial charge in [-0.25, -0.2) is 9.59 Å². The summed E-state index contributed by atoms with van der Waals surface area (Å²) < 4.78 is 4.91. The molecule has 0 aliphatic heterocycles. The Balaban J connectivity index is 4.71. The molecule has 0 spiro atoms. The lowest BCUT2D eigenvalue weighted by atomic mass is 10.0. The number of carbonyl (C=O) groups excluding carboxylic acids is 1. The van der Waals surface area contributed by atoms with Gasteiger partial charge >= 0.3 is 12.0 Å². The number of nitrogens with zero attached hydrogens (tertiary/aromatic N) is 2. The van der Waals surface area contributed by atoms with Gasteiger partial charge in [-0.3, -0.25) is 0 Å². The molecule has 1 N–H and O–H groups in total. The van der Waals surface area contributed by atoms with Crippen LogP contribution in [0.15, 0.2) is 0 Å². The summed E-state index contributed by atoms with van der Waals surface area (Å²) in [5, 5.41) is 9.05. The van der Waals surface area contributed by atoms with Crippen LogP contribution >= 0.6 is 0 Å². The van der Waals surface area contributed by atoms with Crippen molar-refractivity contribution in [3.63, 3.8) is 0 Å². The van der Waals surface area contributed by atoms with Gasteiger partial charge in [-0.05, 0) is 20.8 Å². The second-order valence-corrected chi connectivity index (χ2v) is 4.28. The summed E-state index contributed by atoms with van der Waals surface area (Å²) in [6.45, 7) is 6.24. The predicted molar refractivity (Wildman–Crippen MR) is 64.0 cm³/mol. The second kappa shape index (κ2) is 6.44. The fourth-order valence-electron chi connectivity index (χ4n) is 1.19. The molecule has 2 amide bonds. The van der Waals surface area contributed by atoms with Gasteiger partial charge in [0, 0.05) is 27.2 Å². The van der Waals surface area contributed by atoms with Crippen LogP contribution in [0.4, 0.5) is 4.79 Å². The number of amides is 2. The third-order valence-corrected chi connectivity index (χ3v) is 2.87. The van der Waals surface area contributed by atoms with E-state index in [0.717, 1.165) is 0 Å². The fraction of sp³-hybridized carbons (Fsp3) is 0.818. The van der Waals surface area contributed by atoms with E-state index in [1.807, 2.05) is 6.92 Å². The monoisotopic (exact) mass is 246 g/mol. The first-order chi connectivity index (χ1) is 7.78. The number of aliphatic carboxylic acids is 1. The van der Waals surface area contributed by atoms with E-state index in [9.17, 15) is 9.59 Å². The van der Waals surface area contributed by atoms with Crippen LogP contribution in [-0.2, 0) is 9.53 Å². The first-order valence-corrected chi connectivity index (χ1v) is 5.54. The van der Waals surface area contributed by atoms with E-state index in [2.05, 4.69) is 0 Å². The summed E-state index contributed by atoms with van der Waals surface area (Å²) in [5.74, 6) is -1.03. The topological polar surface area (TPSA) is 70.1 Å². The summed E-state index contributed by atoms with van der Waals surface area (Å²) in [6, 6.07) is -0.308. The van der Waals surface area contributed by atoms with Crippen molar-refractivity contribution in [3.8, 4) is 0 Å². The van der Waals surface area contributed by atoms with Gasteiger partial charge in [0.25, 0.3) is 0 Å². The Morgan fingerprint density at radius 2 is 1.88 bits per heavy atom. The summed E-state index contributed by atoms with van der Waals surface area (Å²) in [7, 11) is 3.05. The quantitative estimate of drug-likeness (QED) is 0.755. The lowest BCUT2D eigenvalue weighted by molar-refractivity contribution is -0.147. The minimum atomic E-state index is -1.22. The highest BCUT2D eigenvalue weighted by molar-refractivity contribution is 5.85. The number of rotatable bonds is 6. The minimum Gasteiger partial charge on any atom is -0.480 e. The largest absolute Gasteiger partial charge is 0.480 e. The molecule has 17 heavy (non-hydrogen) atoms. The Labute approximate surface area is 102 Å². The molecule has 0 aromatic carbocycles. The lowest BCUT2D eigenvalue weighted by Gasteiger charge is -2.35. The number of ether oxygens (including phenoxy) is 1. The second-order valence-electron chi connectivity index (χ2n) is 4.28. The zero-order chi connectivity index (χ0) is 13.6. The van der Waals surface area contributed by atoms with Crippen molar-refractivity contribution in [2.45, 2.75) is 26.3 Å². The molecule has 0 saturated heterocycles. The summed E-state index contributed by atoms with van der Waals surface area (Å²) in [5.41, 5.74) is -1.22. The van der Waals surface area contributed by atoms with Gasteiger partial charge in [-0.1, -0.05) is 0 Å². The molecule has 6 heteroatoms. The minimum absolute atomic E-state index is 0.308. The zero-order valence-corrected chi connectivity index (χ0v) is 11.2.